The molecule has 2 aliphatic rings. The molecule has 1 aromatic heterocycles. The van der Waals surface area contributed by atoms with Crippen molar-refractivity contribution in [3.05, 3.63) is 10.6 Å². The van der Waals surface area contributed by atoms with E-state index in [0.29, 0.717) is 11.8 Å². The first-order valence-electron chi connectivity index (χ1n) is 5.26. The van der Waals surface area contributed by atoms with Gasteiger partial charge in [-0.1, -0.05) is 17.3 Å². The zero-order valence-electron chi connectivity index (χ0n) is 8.23. The molecule has 2 aliphatic carbocycles. The van der Waals surface area contributed by atoms with Gasteiger partial charge < -0.3 is 5.11 Å². The summed E-state index contributed by atoms with van der Waals surface area (Å²) in [5.74, 6) is 0.995. The first kappa shape index (κ1) is 8.80. The molecule has 0 radical (unpaired) electrons. The average Bonchev–Trinajstić information content (AvgIpc) is 2.57. The Morgan fingerprint density at radius 2 is 2.00 bits per heavy atom. The molecule has 0 aliphatic heterocycles. The summed E-state index contributed by atoms with van der Waals surface area (Å²) in [4.78, 5) is 1.02. The lowest BCUT2D eigenvalue weighted by Gasteiger charge is -2.06. The molecule has 2 unspecified atom stereocenters. The molecule has 1 N–H and O–H groups in total. The van der Waals surface area contributed by atoms with Gasteiger partial charge in [0.1, 0.15) is 5.60 Å². The van der Waals surface area contributed by atoms with Crippen molar-refractivity contribution in [3.63, 3.8) is 0 Å². The van der Waals surface area contributed by atoms with Gasteiger partial charge in [-0.05, 0) is 43.1 Å². The van der Waals surface area contributed by atoms with Crippen LogP contribution in [0.2, 0.25) is 0 Å². The largest absolute Gasteiger partial charge is 0.384 e. The molecule has 2 fully saturated rings. The minimum atomic E-state index is -0.547. The van der Waals surface area contributed by atoms with Crippen LogP contribution in [0.5, 0.6) is 0 Å². The van der Waals surface area contributed by atoms with Gasteiger partial charge in [-0.3, -0.25) is 0 Å². The van der Waals surface area contributed by atoms with Crippen LogP contribution in [0.25, 0.3) is 0 Å². The van der Waals surface area contributed by atoms with E-state index in [0.717, 1.165) is 10.6 Å². The highest BCUT2D eigenvalue weighted by Crippen LogP contribution is 2.65. The fourth-order valence-corrected chi connectivity index (χ4v) is 3.89. The van der Waals surface area contributed by atoms with E-state index in [-0.39, 0.29) is 0 Å². The lowest BCUT2D eigenvalue weighted by Crippen LogP contribution is -2.09. The summed E-state index contributed by atoms with van der Waals surface area (Å²) < 4.78 is 3.92. The molecule has 0 saturated heterocycles. The number of nitrogens with zero attached hydrogens (tertiary/aromatic N) is 2. The third-order valence-corrected chi connectivity index (χ3v) is 4.77. The summed E-state index contributed by atoms with van der Waals surface area (Å²) in [5, 5.41) is 14.5. The van der Waals surface area contributed by atoms with Crippen LogP contribution in [-0.2, 0) is 5.60 Å². The van der Waals surface area contributed by atoms with Crippen molar-refractivity contribution >= 4 is 11.5 Å². The van der Waals surface area contributed by atoms with Gasteiger partial charge in [0.05, 0.1) is 10.6 Å². The smallest absolute Gasteiger partial charge is 0.109 e. The predicted octanol–water partition coefficient (Wildman–Crippen LogP) is 1.85. The van der Waals surface area contributed by atoms with Crippen LogP contribution in [0, 0.1) is 18.8 Å². The van der Waals surface area contributed by atoms with Crippen LogP contribution in [0.1, 0.15) is 36.3 Å². The second kappa shape index (κ2) is 2.76. The van der Waals surface area contributed by atoms with E-state index >= 15 is 0 Å². The lowest BCUT2D eigenvalue weighted by atomic mass is 10.0. The molecule has 1 heterocycles. The summed E-state index contributed by atoms with van der Waals surface area (Å²) in [6.07, 6.45) is 4.90. The normalized spacial score (nSPS) is 40.7. The minimum absolute atomic E-state index is 0.497. The van der Waals surface area contributed by atoms with E-state index in [2.05, 4.69) is 9.59 Å². The number of hydrogen-bond acceptors (Lipinski definition) is 4. The SMILES string of the molecule is Cc1nnsc1C1(O)C2CCCCC21. The van der Waals surface area contributed by atoms with Crippen molar-refractivity contribution in [2.45, 2.75) is 38.2 Å². The molecule has 2 saturated carbocycles. The molecule has 4 heteroatoms. The van der Waals surface area contributed by atoms with Gasteiger partial charge in [0.2, 0.25) is 0 Å². The van der Waals surface area contributed by atoms with E-state index in [1.165, 1.54) is 37.2 Å². The van der Waals surface area contributed by atoms with Gasteiger partial charge in [-0.15, -0.1) is 5.10 Å². The Morgan fingerprint density at radius 3 is 2.50 bits per heavy atom. The zero-order chi connectivity index (χ0) is 9.76. The molecule has 14 heavy (non-hydrogen) atoms. The van der Waals surface area contributed by atoms with Gasteiger partial charge in [0.25, 0.3) is 0 Å². The van der Waals surface area contributed by atoms with Gasteiger partial charge in [0, 0.05) is 0 Å². The molecular formula is C10H14N2OS. The van der Waals surface area contributed by atoms with Crippen molar-refractivity contribution in [2.75, 3.05) is 0 Å². The van der Waals surface area contributed by atoms with E-state index in [4.69, 9.17) is 0 Å². The standard InChI is InChI=1S/C10H14N2OS/c1-6-9(14-12-11-6)10(13)7-4-2-3-5-8(7)10/h7-8,13H,2-5H2,1H3. The molecule has 76 valence electrons. The third kappa shape index (κ3) is 0.956. The maximum absolute atomic E-state index is 10.6. The molecule has 2 atom stereocenters. The predicted molar refractivity (Wildman–Crippen MR) is 54.0 cm³/mol. The summed E-state index contributed by atoms with van der Waals surface area (Å²) in [7, 11) is 0. The van der Waals surface area contributed by atoms with E-state index in [1.54, 1.807) is 0 Å². The quantitative estimate of drug-likeness (QED) is 0.769. The number of fused-ring (bicyclic) bond motifs is 1. The second-order valence-electron chi connectivity index (χ2n) is 4.51. The highest BCUT2D eigenvalue weighted by molar-refractivity contribution is 7.05. The molecular weight excluding hydrogens is 196 g/mol. The van der Waals surface area contributed by atoms with Crippen molar-refractivity contribution in [3.8, 4) is 0 Å². The Kier molecular flexibility index (Phi) is 1.74. The van der Waals surface area contributed by atoms with Gasteiger partial charge in [-0.2, -0.15) is 0 Å². The van der Waals surface area contributed by atoms with Crippen molar-refractivity contribution < 1.29 is 5.11 Å². The van der Waals surface area contributed by atoms with E-state index in [9.17, 15) is 5.11 Å². The fourth-order valence-electron chi connectivity index (χ4n) is 3.03. The average molecular weight is 210 g/mol. The van der Waals surface area contributed by atoms with E-state index in [1.807, 2.05) is 6.92 Å². The number of hydrogen-bond donors (Lipinski definition) is 1. The molecule has 3 rings (SSSR count). The number of aromatic nitrogens is 2. The van der Waals surface area contributed by atoms with E-state index < -0.39 is 5.60 Å². The van der Waals surface area contributed by atoms with Crippen LogP contribution >= 0.6 is 11.5 Å². The van der Waals surface area contributed by atoms with Crippen LogP contribution in [-0.4, -0.2) is 14.7 Å². The Balaban J connectivity index is 1.96. The summed E-state index contributed by atoms with van der Waals surface area (Å²) in [6, 6.07) is 0. The van der Waals surface area contributed by atoms with Crippen molar-refractivity contribution in [1.29, 1.82) is 0 Å². The minimum Gasteiger partial charge on any atom is -0.384 e. The van der Waals surface area contributed by atoms with Crippen LogP contribution in [0.4, 0.5) is 0 Å². The highest BCUT2D eigenvalue weighted by Gasteiger charge is 2.66. The Bertz CT molecular complexity index is 351. The molecule has 0 bridgehead atoms. The molecule has 0 amide bonds. The molecule has 0 aromatic carbocycles. The van der Waals surface area contributed by atoms with Crippen LogP contribution in [0.15, 0.2) is 0 Å². The Morgan fingerprint density at radius 1 is 1.36 bits per heavy atom. The Labute approximate surface area is 87.3 Å². The van der Waals surface area contributed by atoms with Gasteiger partial charge >= 0.3 is 0 Å². The van der Waals surface area contributed by atoms with Gasteiger partial charge in [0.15, 0.2) is 0 Å². The lowest BCUT2D eigenvalue weighted by molar-refractivity contribution is 0.121. The molecule has 1 aromatic rings. The fraction of sp³-hybridized carbons (Fsp3) is 0.800. The summed E-state index contributed by atoms with van der Waals surface area (Å²) in [5.41, 5.74) is 0.376. The zero-order valence-corrected chi connectivity index (χ0v) is 9.05. The topological polar surface area (TPSA) is 46.0 Å². The monoisotopic (exact) mass is 210 g/mol. The van der Waals surface area contributed by atoms with Gasteiger partial charge in [-0.25, -0.2) is 0 Å². The maximum Gasteiger partial charge on any atom is 0.109 e. The number of rotatable bonds is 1. The van der Waals surface area contributed by atoms with Crippen molar-refractivity contribution in [2.24, 2.45) is 11.8 Å². The summed E-state index contributed by atoms with van der Waals surface area (Å²) >= 11 is 1.37. The second-order valence-corrected chi connectivity index (χ2v) is 5.26. The number of aryl methyl sites for hydroxylation is 1. The highest BCUT2D eigenvalue weighted by atomic mass is 32.1. The van der Waals surface area contributed by atoms with Crippen LogP contribution in [0.3, 0.4) is 0 Å². The first-order chi connectivity index (χ1) is 6.74. The first-order valence-corrected chi connectivity index (χ1v) is 6.03. The number of aliphatic hydroxyl groups is 1. The molecule has 0 spiro atoms. The summed E-state index contributed by atoms with van der Waals surface area (Å²) in [6.45, 7) is 1.95. The van der Waals surface area contributed by atoms with Crippen molar-refractivity contribution in [1.82, 2.24) is 9.59 Å². The Hall–Kier alpha value is -0.480. The maximum atomic E-state index is 10.6. The van der Waals surface area contributed by atoms with Crippen LogP contribution < -0.4 is 0 Å². The molecule has 3 nitrogen and oxygen atoms in total. The third-order valence-electron chi connectivity index (χ3n) is 3.80.